The quantitative estimate of drug-likeness (QED) is 0.798. The molecule has 1 saturated carbocycles. The number of carbonyl (C=O) groups excluding carboxylic acids is 1. The Morgan fingerprint density at radius 2 is 1.90 bits per heavy atom. The molecule has 110 valence electrons. The number of hydrogen-bond acceptors (Lipinski definition) is 1. The van der Waals surface area contributed by atoms with Gasteiger partial charge in [-0.25, -0.2) is 0 Å². The van der Waals surface area contributed by atoms with Crippen LogP contribution in [0.1, 0.15) is 56.6 Å². The fourth-order valence-electron chi connectivity index (χ4n) is 2.64. The minimum atomic E-state index is 0.211. The van der Waals surface area contributed by atoms with Crippen molar-refractivity contribution < 1.29 is 4.79 Å². The van der Waals surface area contributed by atoms with Crippen molar-refractivity contribution in [2.75, 3.05) is 6.54 Å². The Morgan fingerprint density at radius 1 is 1.25 bits per heavy atom. The molecule has 1 unspecified atom stereocenters. The normalized spacial score (nSPS) is 16.2. The standard InChI is InChI=1S/C18H27NO/c1-13(2)10-11-19-18(20)12-17(16-8-9-16)15-6-4-14(3)5-7-15/h4-7,13,16-17H,8-12H2,1-3H3,(H,19,20). The van der Waals surface area contributed by atoms with E-state index in [2.05, 4.69) is 50.4 Å². The van der Waals surface area contributed by atoms with Crippen LogP contribution in [-0.4, -0.2) is 12.5 Å². The van der Waals surface area contributed by atoms with E-state index in [1.54, 1.807) is 0 Å². The van der Waals surface area contributed by atoms with Gasteiger partial charge < -0.3 is 5.32 Å². The summed E-state index contributed by atoms with van der Waals surface area (Å²) in [4.78, 5) is 12.1. The van der Waals surface area contributed by atoms with Crippen molar-refractivity contribution in [2.45, 2.75) is 52.4 Å². The topological polar surface area (TPSA) is 29.1 Å². The monoisotopic (exact) mass is 273 g/mol. The summed E-state index contributed by atoms with van der Waals surface area (Å²) >= 11 is 0. The first kappa shape index (κ1) is 15.1. The van der Waals surface area contributed by atoms with E-state index in [1.165, 1.54) is 24.0 Å². The van der Waals surface area contributed by atoms with Crippen molar-refractivity contribution >= 4 is 5.91 Å². The van der Waals surface area contributed by atoms with Gasteiger partial charge in [0.25, 0.3) is 0 Å². The lowest BCUT2D eigenvalue weighted by atomic mass is 9.90. The maximum Gasteiger partial charge on any atom is 0.220 e. The van der Waals surface area contributed by atoms with E-state index in [-0.39, 0.29) is 5.91 Å². The molecule has 1 N–H and O–H groups in total. The Labute approximate surface area is 123 Å². The van der Waals surface area contributed by atoms with E-state index in [4.69, 9.17) is 0 Å². The lowest BCUT2D eigenvalue weighted by Gasteiger charge is -2.17. The average Bonchev–Trinajstić information content (AvgIpc) is 3.21. The Kier molecular flexibility index (Phi) is 5.22. The van der Waals surface area contributed by atoms with E-state index in [1.807, 2.05) is 0 Å². The molecule has 1 aliphatic rings. The molecule has 1 aliphatic carbocycles. The van der Waals surface area contributed by atoms with Crippen molar-refractivity contribution in [1.82, 2.24) is 5.32 Å². The van der Waals surface area contributed by atoms with E-state index in [9.17, 15) is 4.79 Å². The molecular formula is C18H27NO. The first-order valence-corrected chi connectivity index (χ1v) is 7.89. The van der Waals surface area contributed by atoms with Crippen LogP contribution in [0.15, 0.2) is 24.3 Å². The fraction of sp³-hybridized carbons (Fsp3) is 0.611. The Balaban J connectivity index is 1.89. The van der Waals surface area contributed by atoms with Crippen LogP contribution in [0.2, 0.25) is 0 Å². The number of amides is 1. The van der Waals surface area contributed by atoms with Crippen LogP contribution in [-0.2, 0) is 4.79 Å². The van der Waals surface area contributed by atoms with Gasteiger partial charge in [-0.3, -0.25) is 4.79 Å². The molecule has 0 aliphatic heterocycles. The third-order valence-electron chi connectivity index (χ3n) is 4.15. The summed E-state index contributed by atoms with van der Waals surface area (Å²) in [7, 11) is 0. The van der Waals surface area contributed by atoms with Crippen molar-refractivity contribution in [1.29, 1.82) is 0 Å². The third kappa shape index (κ3) is 4.66. The lowest BCUT2D eigenvalue weighted by Crippen LogP contribution is -2.27. The summed E-state index contributed by atoms with van der Waals surface area (Å²) in [5.74, 6) is 1.98. The summed E-state index contributed by atoms with van der Waals surface area (Å²) in [6.45, 7) is 7.28. The maximum absolute atomic E-state index is 12.1. The number of rotatable bonds is 7. The second-order valence-electron chi connectivity index (χ2n) is 6.59. The van der Waals surface area contributed by atoms with Gasteiger partial charge in [0.05, 0.1) is 0 Å². The molecule has 2 rings (SSSR count). The van der Waals surface area contributed by atoms with Crippen LogP contribution in [0.5, 0.6) is 0 Å². The molecule has 0 spiro atoms. The largest absolute Gasteiger partial charge is 0.356 e. The molecule has 1 atom stereocenters. The highest BCUT2D eigenvalue weighted by molar-refractivity contribution is 5.77. The van der Waals surface area contributed by atoms with Crippen molar-refractivity contribution in [3.8, 4) is 0 Å². The molecule has 1 amide bonds. The summed E-state index contributed by atoms with van der Waals surface area (Å²) in [5.41, 5.74) is 2.61. The summed E-state index contributed by atoms with van der Waals surface area (Å²) in [5, 5.41) is 3.07. The average molecular weight is 273 g/mol. The Hall–Kier alpha value is -1.31. The Morgan fingerprint density at radius 3 is 2.45 bits per heavy atom. The predicted octanol–water partition coefficient (Wildman–Crippen LogP) is 4.04. The molecule has 0 heterocycles. The van der Waals surface area contributed by atoms with Gasteiger partial charge in [-0.1, -0.05) is 43.7 Å². The van der Waals surface area contributed by atoms with Crippen LogP contribution < -0.4 is 5.32 Å². The number of carbonyl (C=O) groups is 1. The minimum Gasteiger partial charge on any atom is -0.356 e. The SMILES string of the molecule is Cc1ccc(C(CC(=O)NCCC(C)C)C2CC2)cc1. The molecule has 2 heteroatoms. The summed E-state index contributed by atoms with van der Waals surface area (Å²) in [6.07, 6.45) is 4.26. The summed E-state index contributed by atoms with van der Waals surface area (Å²) in [6, 6.07) is 8.70. The van der Waals surface area contributed by atoms with Crippen LogP contribution in [0.3, 0.4) is 0 Å². The lowest BCUT2D eigenvalue weighted by molar-refractivity contribution is -0.121. The van der Waals surface area contributed by atoms with E-state index in [0.717, 1.165) is 13.0 Å². The van der Waals surface area contributed by atoms with Crippen LogP contribution in [0.4, 0.5) is 0 Å². The number of benzene rings is 1. The number of aryl methyl sites for hydroxylation is 1. The molecule has 0 bridgehead atoms. The van der Waals surface area contributed by atoms with Gasteiger partial charge in [0.1, 0.15) is 0 Å². The van der Waals surface area contributed by atoms with Crippen LogP contribution >= 0.6 is 0 Å². The smallest absolute Gasteiger partial charge is 0.220 e. The molecule has 20 heavy (non-hydrogen) atoms. The van der Waals surface area contributed by atoms with Crippen molar-refractivity contribution in [3.63, 3.8) is 0 Å². The van der Waals surface area contributed by atoms with Gasteiger partial charge >= 0.3 is 0 Å². The molecule has 2 nitrogen and oxygen atoms in total. The molecule has 1 aromatic carbocycles. The number of nitrogens with one attached hydrogen (secondary N) is 1. The highest BCUT2D eigenvalue weighted by Crippen LogP contribution is 2.44. The van der Waals surface area contributed by atoms with Gasteiger partial charge in [-0.15, -0.1) is 0 Å². The molecule has 0 radical (unpaired) electrons. The molecule has 1 fully saturated rings. The Bertz CT molecular complexity index is 431. The van der Waals surface area contributed by atoms with Crippen LogP contribution in [0.25, 0.3) is 0 Å². The van der Waals surface area contributed by atoms with Crippen molar-refractivity contribution in [3.05, 3.63) is 35.4 Å². The maximum atomic E-state index is 12.1. The van der Waals surface area contributed by atoms with Gasteiger partial charge in [0.2, 0.25) is 5.91 Å². The molecule has 1 aromatic rings. The predicted molar refractivity (Wildman–Crippen MR) is 83.7 cm³/mol. The molecule has 0 saturated heterocycles. The first-order valence-electron chi connectivity index (χ1n) is 7.89. The summed E-state index contributed by atoms with van der Waals surface area (Å²) < 4.78 is 0. The zero-order valence-electron chi connectivity index (χ0n) is 13.0. The second-order valence-corrected chi connectivity index (χ2v) is 6.59. The highest BCUT2D eigenvalue weighted by atomic mass is 16.1. The van der Waals surface area contributed by atoms with Gasteiger partial charge in [0.15, 0.2) is 0 Å². The van der Waals surface area contributed by atoms with Gasteiger partial charge in [-0.05, 0) is 49.5 Å². The molecular weight excluding hydrogens is 246 g/mol. The first-order chi connectivity index (χ1) is 9.56. The van der Waals surface area contributed by atoms with E-state index in [0.29, 0.717) is 24.2 Å². The van der Waals surface area contributed by atoms with E-state index >= 15 is 0 Å². The third-order valence-corrected chi connectivity index (χ3v) is 4.15. The zero-order valence-corrected chi connectivity index (χ0v) is 13.0. The fourth-order valence-corrected chi connectivity index (χ4v) is 2.64. The number of hydrogen-bond donors (Lipinski definition) is 1. The van der Waals surface area contributed by atoms with Gasteiger partial charge in [-0.2, -0.15) is 0 Å². The van der Waals surface area contributed by atoms with Crippen LogP contribution in [0, 0.1) is 18.8 Å². The van der Waals surface area contributed by atoms with E-state index < -0.39 is 0 Å². The van der Waals surface area contributed by atoms with Gasteiger partial charge in [0, 0.05) is 13.0 Å². The molecule has 0 aromatic heterocycles. The second kappa shape index (κ2) is 6.92. The highest BCUT2D eigenvalue weighted by Gasteiger charge is 2.33. The van der Waals surface area contributed by atoms with Crippen molar-refractivity contribution in [2.24, 2.45) is 11.8 Å². The minimum absolute atomic E-state index is 0.211. The zero-order chi connectivity index (χ0) is 14.5.